The Labute approximate surface area is 159 Å². The first-order chi connectivity index (χ1) is 11.7. The van der Waals surface area contributed by atoms with E-state index in [-0.39, 0.29) is 12.5 Å². The van der Waals surface area contributed by atoms with Crippen molar-refractivity contribution in [1.82, 2.24) is 8.87 Å². The van der Waals surface area contributed by atoms with E-state index >= 15 is 0 Å². The normalized spacial score (nSPS) is 20.3. The van der Waals surface area contributed by atoms with Crippen LogP contribution in [0.3, 0.4) is 0 Å². The van der Waals surface area contributed by atoms with Gasteiger partial charge < -0.3 is 4.57 Å². The van der Waals surface area contributed by atoms with Crippen LogP contribution >= 0.6 is 34.5 Å². The van der Waals surface area contributed by atoms with Gasteiger partial charge in [-0.25, -0.2) is 12.7 Å². The van der Waals surface area contributed by atoms with E-state index in [1.165, 1.54) is 15.6 Å². The van der Waals surface area contributed by atoms with Gasteiger partial charge in [-0.3, -0.25) is 4.79 Å². The lowest BCUT2D eigenvalue weighted by Crippen LogP contribution is -2.41. The number of rotatable bonds is 2. The molecular formula is C15H17Cl2N3O3S2. The number of nitrogens with zero attached hydrogens (tertiary/aromatic N) is 3. The molecule has 1 aromatic carbocycles. The van der Waals surface area contributed by atoms with Gasteiger partial charge in [0.15, 0.2) is 4.80 Å². The van der Waals surface area contributed by atoms with Gasteiger partial charge in [-0.05, 0) is 25.0 Å². The smallest absolute Gasteiger partial charge is 0.252 e. The molecular weight excluding hydrogens is 405 g/mol. The summed E-state index contributed by atoms with van der Waals surface area (Å²) in [6, 6.07) is 3.54. The monoisotopic (exact) mass is 421 g/mol. The third-order valence-corrected chi connectivity index (χ3v) is 7.42. The molecule has 1 atom stereocenters. The predicted molar refractivity (Wildman–Crippen MR) is 101 cm³/mol. The first-order valence-electron chi connectivity index (χ1n) is 7.65. The Morgan fingerprint density at radius 2 is 2.08 bits per heavy atom. The number of carbonyl (C=O) groups is 1. The summed E-state index contributed by atoms with van der Waals surface area (Å²) in [6.45, 7) is 0.635. The Kier molecular flexibility index (Phi) is 5.28. The number of hydrogen-bond acceptors (Lipinski definition) is 4. The highest BCUT2D eigenvalue weighted by Gasteiger charge is 2.30. The van der Waals surface area contributed by atoms with Gasteiger partial charge in [-0.1, -0.05) is 34.5 Å². The van der Waals surface area contributed by atoms with Crippen LogP contribution in [0.4, 0.5) is 0 Å². The lowest BCUT2D eigenvalue weighted by Gasteiger charge is -2.28. The van der Waals surface area contributed by atoms with Crippen LogP contribution in [0.2, 0.25) is 10.0 Å². The van der Waals surface area contributed by atoms with E-state index in [9.17, 15) is 13.2 Å². The molecule has 1 saturated heterocycles. The average molecular weight is 422 g/mol. The van der Waals surface area contributed by atoms with Gasteiger partial charge >= 0.3 is 0 Å². The fourth-order valence-electron chi connectivity index (χ4n) is 2.91. The lowest BCUT2D eigenvalue weighted by atomic mass is 9.99. The van der Waals surface area contributed by atoms with Crippen LogP contribution in [0.1, 0.15) is 12.8 Å². The second-order valence-corrected chi connectivity index (χ2v) is 9.84. The van der Waals surface area contributed by atoms with E-state index in [2.05, 4.69) is 4.99 Å². The molecule has 0 aliphatic carbocycles. The van der Waals surface area contributed by atoms with Crippen molar-refractivity contribution in [3.05, 3.63) is 27.0 Å². The lowest BCUT2D eigenvalue weighted by molar-refractivity contribution is -0.122. The molecule has 2 heterocycles. The molecule has 10 heteroatoms. The molecule has 1 aromatic heterocycles. The topological polar surface area (TPSA) is 71.7 Å². The van der Waals surface area contributed by atoms with E-state index in [0.29, 0.717) is 34.2 Å². The first kappa shape index (κ1) is 18.8. The second kappa shape index (κ2) is 7.00. The molecule has 136 valence electrons. The highest BCUT2D eigenvalue weighted by molar-refractivity contribution is 7.88. The van der Waals surface area contributed by atoms with Crippen molar-refractivity contribution in [3.63, 3.8) is 0 Å². The molecule has 1 fully saturated rings. The van der Waals surface area contributed by atoms with E-state index in [1.54, 1.807) is 17.7 Å². The number of halogens is 2. The Bertz CT molecular complexity index is 1010. The summed E-state index contributed by atoms with van der Waals surface area (Å²) in [4.78, 5) is 17.3. The predicted octanol–water partition coefficient (Wildman–Crippen LogP) is 2.65. The molecule has 1 aliphatic heterocycles. The molecule has 1 unspecified atom stereocenters. The zero-order valence-electron chi connectivity index (χ0n) is 13.7. The van der Waals surface area contributed by atoms with Gasteiger partial charge in [-0.15, -0.1) is 0 Å². The quantitative estimate of drug-likeness (QED) is 0.747. The maximum Gasteiger partial charge on any atom is 0.252 e. The fraction of sp³-hybridized carbons (Fsp3) is 0.467. The Hall–Kier alpha value is -0.930. The third-order valence-electron chi connectivity index (χ3n) is 4.26. The largest absolute Gasteiger partial charge is 0.318 e. The third kappa shape index (κ3) is 3.78. The molecule has 0 N–H and O–H groups in total. The number of benzene rings is 1. The number of thiazole rings is 1. The molecule has 0 spiro atoms. The van der Waals surface area contributed by atoms with Crippen molar-refractivity contribution in [2.45, 2.75) is 12.8 Å². The highest BCUT2D eigenvalue weighted by Crippen LogP contribution is 2.31. The van der Waals surface area contributed by atoms with Crippen molar-refractivity contribution in [2.75, 3.05) is 19.3 Å². The van der Waals surface area contributed by atoms with Crippen LogP contribution in [0.25, 0.3) is 10.2 Å². The van der Waals surface area contributed by atoms with Crippen LogP contribution in [0, 0.1) is 5.92 Å². The maximum atomic E-state index is 12.6. The summed E-state index contributed by atoms with van der Waals surface area (Å²) in [5, 5.41) is 0.865. The van der Waals surface area contributed by atoms with Gasteiger partial charge in [0.05, 0.1) is 32.4 Å². The van der Waals surface area contributed by atoms with Crippen LogP contribution < -0.4 is 4.80 Å². The van der Waals surface area contributed by atoms with Gasteiger partial charge in [0.1, 0.15) is 0 Å². The number of amides is 1. The van der Waals surface area contributed by atoms with Gasteiger partial charge in [0.25, 0.3) is 5.91 Å². The SMILES string of the molecule is Cn1c(=NC(=O)C2CCCN(S(C)(=O)=O)C2)sc2ccc(Cl)c(Cl)c21. The Morgan fingerprint density at radius 3 is 2.76 bits per heavy atom. The summed E-state index contributed by atoms with van der Waals surface area (Å²) >= 11 is 13.7. The van der Waals surface area contributed by atoms with Gasteiger partial charge in [0, 0.05) is 20.1 Å². The minimum atomic E-state index is -3.30. The highest BCUT2D eigenvalue weighted by atomic mass is 35.5. The molecule has 0 bridgehead atoms. The first-order valence-corrected chi connectivity index (χ1v) is 11.1. The number of hydrogen-bond donors (Lipinski definition) is 0. The molecule has 0 radical (unpaired) electrons. The minimum Gasteiger partial charge on any atom is -0.318 e. The maximum absolute atomic E-state index is 12.6. The zero-order valence-corrected chi connectivity index (χ0v) is 16.8. The van der Waals surface area contributed by atoms with E-state index in [0.717, 1.165) is 16.5 Å². The molecule has 25 heavy (non-hydrogen) atoms. The standard InChI is InChI=1S/C15H17Cl2N3O3S2/c1-19-13-11(6-5-10(16)12(13)17)24-15(19)18-14(21)9-4-3-7-20(8-9)25(2,22)23/h5-6,9H,3-4,7-8H2,1-2H3. The molecule has 1 aliphatic rings. The van der Waals surface area contributed by atoms with Crippen molar-refractivity contribution in [2.24, 2.45) is 18.0 Å². The van der Waals surface area contributed by atoms with Crippen molar-refractivity contribution < 1.29 is 13.2 Å². The van der Waals surface area contributed by atoms with Crippen LogP contribution in [0.15, 0.2) is 17.1 Å². The Balaban J connectivity index is 1.95. The van der Waals surface area contributed by atoms with E-state index in [1.807, 2.05) is 6.07 Å². The fourth-order valence-corrected chi connectivity index (χ4v) is 5.35. The summed E-state index contributed by atoms with van der Waals surface area (Å²) < 4.78 is 27.4. The minimum absolute atomic E-state index is 0.183. The van der Waals surface area contributed by atoms with Crippen molar-refractivity contribution in [3.8, 4) is 0 Å². The Morgan fingerprint density at radius 1 is 1.36 bits per heavy atom. The summed E-state index contributed by atoms with van der Waals surface area (Å²) in [6.07, 6.45) is 2.45. The summed E-state index contributed by atoms with van der Waals surface area (Å²) in [5.74, 6) is -0.731. The molecule has 6 nitrogen and oxygen atoms in total. The number of sulfonamides is 1. The number of carbonyl (C=O) groups excluding carboxylic acids is 1. The number of aryl methyl sites for hydroxylation is 1. The van der Waals surface area contributed by atoms with Crippen LogP contribution in [-0.2, 0) is 21.9 Å². The second-order valence-electron chi connectivity index (χ2n) is 6.06. The molecule has 1 amide bonds. The van der Waals surface area contributed by atoms with Crippen molar-refractivity contribution >= 4 is 60.7 Å². The average Bonchev–Trinajstić information content (AvgIpc) is 2.87. The van der Waals surface area contributed by atoms with Crippen LogP contribution in [0.5, 0.6) is 0 Å². The van der Waals surface area contributed by atoms with Crippen LogP contribution in [-0.4, -0.2) is 42.5 Å². The summed E-state index contributed by atoms with van der Waals surface area (Å²) in [5.41, 5.74) is 0.729. The molecule has 2 aromatic rings. The number of aromatic nitrogens is 1. The van der Waals surface area contributed by atoms with Gasteiger partial charge in [-0.2, -0.15) is 4.99 Å². The number of fused-ring (bicyclic) bond motifs is 1. The molecule has 3 rings (SSSR count). The van der Waals surface area contributed by atoms with E-state index in [4.69, 9.17) is 23.2 Å². The number of piperidine rings is 1. The van der Waals surface area contributed by atoms with E-state index < -0.39 is 15.9 Å². The zero-order chi connectivity index (χ0) is 18.4. The van der Waals surface area contributed by atoms with Gasteiger partial charge in [0.2, 0.25) is 10.0 Å². The van der Waals surface area contributed by atoms with Crippen molar-refractivity contribution in [1.29, 1.82) is 0 Å². The molecule has 0 saturated carbocycles. The summed E-state index contributed by atoms with van der Waals surface area (Å²) in [7, 11) is -1.52.